The van der Waals surface area contributed by atoms with E-state index < -0.39 is 0 Å². The first kappa shape index (κ1) is 23.0. The normalized spacial score (nSPS) is 15.3. The van der Waals surface area contributed by atoms with Crippen molar-refractivity contribution in [2.75, 3.05) is 0 Å². The smallest absolute Gasteiger partial charge is 0.159 e. The average Bonchev–Trinajstić information content (AvgIpc) is 3.32. The van der Waals surface area contributed by atoms with Gasteiger partial charge in [-0.1, -0.05) is 42.8 Å². The molecular formula is C28H28N6S. The molecule has 0 radical (unpaired) electrons. The molecule has 2 aromatic carbocycles. The topological polar surface area (TPSA) is 102 Å². The molecule has 0 atom stereocenters. The summed E-state index contributed by atoms with van der Waals surface area (Å²) in [6, 6.07) is 17.4. The summed E-state index contributed by atoms with van der Waals surface area (Å²) < 4.78 is 1.20. The average molecular weight is 481 g/mol. The highest BCUT2D eigenvalue weighted by molar-refractivity contribution is 7.16. The van der Waals surface area contributed by atoms with E-state index >= 15 is 0 Å². The number of hydrazone groups is 1. The minimum absolute atomic E-state index is 0.409. The lowest BCUT2D eigenvalue weighted by Gasteiger charge is -2.32. The number of aryl methyl sites for hydroxylation is 1. The third-order valence-electron chi connectivity index (χ3n) is 6.63. The van der Waals surface area contributed by atoms with Crippen molar-refractivity contribution in [1.29, 1.82) is 0 Å². The zero-order chi connectivity index (χ0) is 24.2. The Morgan fingerprint density at radius 3 is 2.60 bits per heavy atom. The number of aromatic nitrogens is 2. The molecule has 0 bridgehead atoms. The van der Waals surface area contributed by atoms with Crippen molar-refractivity contribution in [3.05, 3.63) is 100 Å². The van der Waals surface area contributed by atoms with Crippen LogP contribution < -0.4 is 17.1 Å². The maximum Gasteiger partial charge on any atom is 0.159 e. The van der Waals surface area contributed by atoms with Gasteiger partial charge in [0.05, 0.1) is 15.7 Å². The van der Waals surface area contributed by atoms with Crippen LogP contribution in [0.3, 0.4) is 0 Å². The lowest BCUT2D eigenvalue weighted by atomic mass is 9.72. The number of fused-ring (bicyclic) bond motifs is 1. The fourth-order valence-corrected chi connectivity index (χ4v) is 5.25. The zero-order valence-electron chi connectivity index (χ0n) is 19.6. The lowest BCUT2D eigenvalue weighted by Crippen LogP contribution is -2.29. The molecule has 0 saturated heterocycles. The van der Waals surface area contributed by atoms with Crippen LogP contribution >= 0.6 is 11.3 Å². The Morgan fingerprint density at radius 2 is 1.91 bits per heavy atom. The molecule has 1 aliphatic carbocycles. The molecule has 2 heterocycles. The predicted molar refractivity (Wildman–Crippen MR) is 146 cm³/mol. The van der Waals surface area contributed by atoms with Gasteiger partial charge in [-0.05, 0) is 88.9 Å². The summed E-state index contributed by atoms with van der Waals surface area (Å²) in [5, 5.41) is 3.60. The van der Waals surface area contributed by atoms with Crippen molar-refractivity contribution in [2.45, 2.75) is 26.2 Å². The number of hydrogen-bond acceptors (Lipinski definition) is 6. The van der Waals surface area contributed by atoms with E-state index in [1.807, 2.05) is 24.0 Å². The van der Waals surface area contributed by atoms with Crippen molar-refractivity contribution >= 4 is 44.6 Å². The van der Waals surface area contributed by atoms with Gasteiger partial charge in [0.2, 0.25) is 0 Å². The molecule has 1 aliphatic rings. The highest BCUT2D eigenvalue weighted by atomic mass is 32.1. The second-order valence-corrected chi connectivity index (χ2v) is 9.64. The summed E-state index contributed by atoms with van der Waals surface area (Å²) in [4.78, 5) is 8.95. The molecule has 0 amide bonds. The van der Waals surface area contributed by atoms with Gasteiger partial charge in [-0.25, -0.2) is 10.8 Å². The number of benzene rings is 2. The van der Waals surface area contributed by atoms with E-state index in [2.05, 4.69) is 75.9 Å². The Morgan fingerprint density at radius 1 is 1.11 bits per heavy atom. The van der Waals surface area contributed by atoms with Crippen LogP contribution in [0, 0.1) is 12.8 Å². The molecule has 1 saturated carbocycles. The summed E-state index contributed by atoms with van der Waals surface area (Å²) >= 11 is 1.67. The van der Waals surface area contributed by atoms with Crippen LogP contribution in [0.5, 0.6) is 0 Å². The Kier molecular flexibility index (Phi) is 6.70. The molecular weight excluding hydrogens is 452 g/mol. The SMILES string of the molecule is Cc1cnccc1/C(=C(\c1ccc(/C=C/C(=N/N)NN)cc1)c1ccc2scnc2c1)C1CCC1. The summed E-state index contributed by atoms with van der Waals surface area (Å²) in [6.45, 7) is 2.15. The highest BCUT2D eigenvalue weighted by Crippen LogP contribution is 2.46. The van der Waals surface area contributed by atoms with Gasteiger partial charge in [0.25, 0.3) is 0 Å². The van der Waals surface area contributed by atoms with E-state index in [0.717, 1.165) is 11.1 Å². The molecule has 176 valence electrons. The van der Waals surface area contributed by atoms with Crippen LogP contribution in [0.15, 0.2) is 77.6 Å². The van der Waals surface area contributed by atoms with Crippen LogP contribution in [0.4, 0.5) is 0 Å². The molecule has 4 aromatic rings. The molecule has 0 unspecified atom stereocenters. The number of rotatable bonds is 6. The first-order valence-electron chi connectivity index (χ1n) is 11.7. The third-order valence-corrected chi connectivity index (χ3v) is 7.44. The Hall–Kier alpha value is -3.81. The van der Waals surface area contributed by atoms with E-state index in [1.165, 1.54) is 57.4 Å². The first-order valence-corrected chi connectivity index (χ1v) is 12.6. The maximum atomic E-state index is 5.43. The van der Waals surface area contributed by atoms with Crippen LogP contribution in [0.1, 0.15) is 47.1 Å². The van der Waals surface area contributed by atoms with Crippen LogP contribution in [-0.4, -0.2) is 15.8 Å². The summed E-state index contributed by atoms with van der Waals surface area (Å²) in [5.74, 6) is 11.7. The number of nitrogens with zero attached hydrogens (tertiary/aromatic N) is 3. The van der Waals surface area contributed by atoms with Crippen molar-refractivity contribution in [1.82, 2.24) is 15.4 Å². The van der Waals surface area contributed by atoms with Crippen molar-refractivity contribution in [2.24, 2.45) is 22.7 Å². The number of nitrogens with one attached hydrogen (secondary N) is 1. The standard InChI is InChI=1S/C28H28N6S/c1-18-16-31-14-13-23(18)28(20-3-2-4-20)27(22-10-11-25-24(15-22)32-17-35-25)21-8-5-19(6-9-21)7-12-26(33-29)34-30/h5-17,20H,2-4,29-30H2,1H3,(H,33,34)/b12-7+,28-27+. The quantitative estimate of drug-likeness (QED) is 0.146. The van der Waals surface area contributed by atoms with E-state index in [4.69, 9.17) is 11.7 Å². The number of amidine groups is 1. The summed E-state index contributed by atoms with van der Waals surface area (Å²) in [6.07, 6.45) is 11.2. The van der Waals surface area contributed by atoms with Crippen LogP contribution in [-0.2, 0) is 0 Å². The van der Waals surface area contributed by atoms with Gasteiger partial charge >= 0.3 is 0 Å². The van der Waals surface area contributed by atoms with Gasteiger partial charge in [-0.15, -0.1) is 11.3 Å². The predicted octanol–water partition coefficient (Wildman–Crippen LogP) is 5.51. The van der Waals surface area contributed by atoms with Crippen LogP contribution in [0.25, 0.3) is 27.4 Å². The highest BCUT2D eigenvalue weighted by Gasteiger charge is 2.28. The maximum absolute atomic E-state index is 5.43. The molecule has 5 N–H and O–H groups in total. The van der Waals surface area contributed by atoms with Crippen molar-refractivity contribution in [3.8, 4) is 0 Å². The fourth-order valence-electron chi connectivity index (χ4n) is 4.59. The van der Waals surface area contributed by atoms with E-state index in [9.17, 15) is 0 Å². The Labute approximate surface area is 209 Å². The monoisotopic (exact) mass is 480 g/mol. The van der Waals surface area contributed by atoms with Gasteiger partial charge in [-0.3, -0.25) is 4.98 Å². The summed E-state index contributed by atoms with van der Waals surface area (Å²) in [7, 11) is 0. The lowest BCUT2D eigenvalue weighted by molar-refractivity contribution is 0.401. The van der Waals surface area contributed by atoms with E-state index in [0.29, 0.717) is 11.8 Å². The minimum atomic E-state index is 0.409. The van der Waals surface area contributed by atoms with E-state index in [1.54, 1.807) is 17.4 Å². The molecule has 6 nitrogen and oxygen atoms in total. The Balaban J connectivity index is 1.69. The molecule has 0 aliphatic heterocycles. The second kappa shape index (κ2) is 10.2. The molecule has 2 aromatic heterocycles. The zero-order valence-corrected chi connectivity index (χ0v) is 20.4. The van der Waals surface area contributed by atoms with E-state index in [-0.39, 0.29) is 0 Å². The molecule has 5 rings (SSSR count). The van der Waals surface area contributed by atoms with Gasteiger partial charge < -0.3 is 11.3 Å². The van der Waals surface area contributed by atoms with Crippen LogP contribution in [0.2, 0.25) is 0 Å². The van der Waals surface area contributed by atoms with Crippen molar-refractivity contribution < 1.29 is 0 Å². The van der Waals surface area contributed by atoms with Gasteiger partial charge in [0.15, 0.2) is 5.84 Å². The number of pyridine rings is 1. The number of thiazole rings is 1. The number of hydrazine groups is 1. The van der Waals surface area contributed by atoms with Gasteiger partial charge in [0, 0.05) is 12.4 Å². The molecule has 7 heteroatoms. The fraction of sp³-hybridized carbons (Fsp3) is 0.179. The molecule has 0 spiro atoms. The summed E-state index contributed by atoms with van der Waals surface area (Å²) in [5.41, 5.74) is 14.0. The second-order valence-electron chi connectivity index (χ2n) is 8.76. The first-order chi connectivity index (χ1) is 17.2. The minimum Gasteiger partial charge on any atom is -0.321 e. The van der Waals surface area contributed by atoms with Gasteiger partial charge in [-0.2, -0.15) is 5.10 Å². The largest absolute Gasteiger partial charge is 0.321 e. The van der Waals surface area contributed by atoms with Gasteiger partial charge in [0.1, 0.15) is 0 Å². The molecule has 35 heavy (non-hydrogen) atoms. The number of hydrogen-bond donors (Lipinski definition) is 3. The molecule has 1 fully saturated rings. The third kappa shape index (κ3) is 4.73. The number of allylic oxidation sites excluding steroid dienone is 1. The number of nitrogens with two attached hydrogens (primary N) is 2. The Bertz CT molecular complexity index is 1430. The van der Waals surface area contributed by atoms with Crippen molar-refractivity contribution in [3.63, 3.8) is 0 Å².